The van der Waals surface area contributed by atoms with E-state index in [-0.39, 0.29) is 60.5 Å². The first-order valence-electron chi connectivity index (χ1n) is 11.5. The number of ketones is 1. The molecule has 1 aliphatic heterocycles. The molecule has 1 unspecified atom stereocenters. The highest BCUT2D eigenvalue weighted by atomic mass is 19.1. The number of fused-ring (bicyclic) bond motifs is 1. The van der Waals surface area contributed by atoms with Crippen LogP contribution >= 0.6 is 0 Å². The predicted molar refractivity (Wildman–Crippen MR) is 128 cm³/mol. The highest BCUT2D eigenvalue weighted by Gasteiger charge is 2.28. The first kappa shape index (κ1) is 24.9. The first-order valence-corrected chi connectivity index (χ1v) is 11.5. The number of nitrogens with one attached hydrogen (secondary N) is 1. The summed E-state index contributed by atoms with van der Waals surface area (Å²) in [5, 5.41) is 2.80. The predicted octanol–water partition coefficient (Wildman–Crippen LogP) is 3.84. The number of amides is 2. The van der Waals surface area contributed by atoms with Crippen molar-refractivity contribution in [2.75, 3.05) is 18.1 Å². The topological polar surface area (TPSA) is 111 Å². The number of anilines is 1. The molecule has 4 rings (SSSR count). The molecule has 9 nitrogen and oxygen atoms in total. The number of ether oxygens (including phenoxy) is 2. The van der Waals surface area contributed by atoms with Gasteiger partial charge in [0.15, 0.2) is 36.3 Å². The van der Waals surface area contributed by atoms with Crippen molar-refractivity contribution >= 4 is 23.3 Å². The van der Waals surface area contributed by atoms with Crippen LogP contribution in [0.15, 0.2) is 47.1 Å². The Morgan fingerprint density at radius 2 is 2.06 bits per heavy atom. The van der Waals surface area contributed by atoms with Crippen LogP contribution in [0, 0.1) is 12.7 Å². The fourth-order valence-corrected chi connectivity index (χ4v) is 3.52. The quantitative estimate of drug-likeness (QED) is 0.449. The molecule has 36 heavy (non-hydrogen) atoms. The van der Waals surface area contributed by atoms with Gasteiger partial charge in [0.05, 0.1) is 5.69 Å². The molecule has 3 aromatic rings. The maximum Gasteiger partial charge on any atom is 0.273 e. The number of hydrogen-bond acceptors (Lipinski definition) is 7. The molecule has 0 bridgehead atoms. The molecule has 1 atom stereocenters. The van der Waals surface area contributed by atoms with Gasteiger partial charge in [-0.3, -0.25) is 19.3 Å². The number of rotatable bonds is 9. The summed E-state index contributed by atoms with van der Waals surface area (Å²) >= 11 is 0. The van der Waals surface area contributed by atoms with E-state index in [1.807, 2.05) is 13.8 Å². The molecule has 188 valence electrons. The molecular formula is C26H26FN3O6. The molecule has 0 saturated carbocycles. The van der Waals surface area contributed by atoms with E-state index in [0.29, 0.717) is 11.4 Å². The van der Waals surface area contributed by atoms with E-state index in [9.17, 15) is 18.8 Å². The molecule has 0 saturated heterocycles. The van der Waals surface area contributed by atoms with Gasteiger partial charge in [0, 0.05) is 11.6 Å². The first-order chi connectivity index (χ1) is 17.2. The molecule has 1 aromatic heterocycles. The Labute approximate surface area is 207 Å². The van der Waals surface area contributed by atoms with Gasteiger partial charge >= 0.3 is 0 Å². The van der Waals surface area contributed by atoms with Crippen molar-refractivity contribution < 1.29 is 32.7 Å². The molecule has 1 aliphatic rings. The largest absolute Gasteiger partial charge is 0.482 e. The molecule has 2 heterocycles. The molecule has 0 fully saturated rings. The van der Waals surface area contributed by atoms with E-state index < -0.39 is 11.6 Å². The van der Waals surface area contributed by atoms with Gasteiger partial charge in [-0.1, -0.05) is 13.0 Å². The number of aryl methyl sites for hydroxylation is 1. The number of nitrogens with zero attached hydrogens (tertiary/aromatic N) is 2. The summed E-state index contributed by atoms with van der Waals surface area (Å²) in [5.74, 6) is -1.17. The van der Waals surface area contributed by atoms with Crippen LogP contribution in [0.4, 0.5) is 10.1 Å². The highest BCUT2D eigenvalue weighted by Crippen LogP contribution is 2.34. The maximum atomic E-state index is 13.9. The molecule has 1 N–H and O–H groups in total. The van der Waals surface area contributed by atoms with E-state index >= 15 is 0 Å². The summed E-state index contributed by atoms with van der Waals surface area (Å²) in [6, 6.07) is 9.00. The summed E-state index contributed by atoms with van der Waals surface area (Å²) in [7, 11) is 0. The number of carbonyl (C=O) groups is 3. The lowest BCUT2D eigenvalue weighted by molar-refractivity contribution is -0.121. The second-order valence-electron chi connectivity index (χ2n) is 8.51. The number of oxazole rings is 1. The number of aromatic nitrogens is 1. The molecule has 0 spiro atoms. The van der Waals surface area contributed by atoms with Gasteiger partial charge in [-0.25, -0.2) is 9.37 Å². The van der Waals surface area contributed by atoms with Crippen molar-refractivity contribution in [3.63, 3.8) is 0 Å². The third kappa shape index (κ3) is 5.54. The lowest BCUT2D eigenvalue weighted by Gasteiger charge is -2.28. The van der Waals surface area contributed by atoms with E-state index in [4.69, 9.17) is 13.9 Å². The van der Waals surface area contributed by atoms with Crippen LogP contribution in [0.3, 0.4) is 0 Å². The van der Waals surface area contributed by atoms with Crippen LogP contribution in [0.25, 0.3) is 0 Å². The minimum absolute atomic E-state index is 0.0153. The van der Waals surface area contributed by atoms with Gasteiger partial charge in [-0.15, -0.1) is 0 Å². The van der Waals surface area contributed by atoms with Gasteiger partial charge < -0.3 is 19.2 Å². The Kier molecular flexibility index (Phi) is 7.33. The van der Waals surface area contributed by atoms with Gasteiger partial charge in [0.2, 0.25) is 5.89 Å². The van der Waals surface area contributed by atoms with E-state index in [2.05, 4.69) is 10.3 Å². The zero-order valence-corrected chi connectivity index (χ0v) is 20.2. The van der Waals surface area contributed by atoms with Crippen LogP contribution in [0.5, 0.6) is 11.5 Å². The Bertz CT molecular complexity index is 1300. The molecule has 10 heteroatoms. The van der Waals surface area contributed by atoms with Crippen molar-refractivity contribution in [1.29, 1.82) is 0 Å². The zero-order chi connectivity index (χ0) is 25.8. The average Bonchev–Trinajstić information content (AvgIpc) is 3.34. The third-order valence-corrected chi connectivity index (χ3v) is 5.74. The Hall–Kier alpha value is -4.21. The van der Waals surface area contributed by atoms with Crippen LogP contribution in [-0.4, -0.2) is 41.8 Å². The van der Waals surface area contributed by atoms with Crippen LogP contribution in [0.1, 0.15) is 52.6 Å². The van der Waals surface area contributed by atoms with Crippen LogP contribution in [-0.2, 0) is 11.3 Å². The van der Waals surface area contributed by atoms with Crippen molar-refractivity contribution in [2.45, 2.75) is 39.8 Å². The van der Waals surface area contributed by atoms with Crippen LogP contribution < -0.4 is 19.7 Å². The van der Waals surface area contributed by atoms with Crippen molar-refractivity contribution in [3.8, 4) is 11.5 Å². The SMILES string of the molecule is CCC(C)NC(=O)c1coc(CN2C(=O)COc3ccc(C(=O)COc4cc(C)ccc4F)cc32)n1. The van der Waals surface area contributed by atoms with Gasteiger partial charge in [0.25, 0.3) is 11.8 Å². The zero-order valence-electron chi connectivity index (χ0n) is 20.2. The summed E-state index contributed by atoms with van der Waals surface area (Å²) in [6.07, 6.45) is 2.00. The van der Waals surface area contributed by atoms with Gasteiger partial charge in [0.1, 0.15) is 18.6 Å². The summed E-state index contributed by atoms with van der Waals surface area (Å²) in [6.45, 7) is 4.98. The Balaban J connectivity index is 1.50. The minimum atomic E-state index is -0.563. The average molecular weight is 496 g/mol. The fourth-order valence-electron chi connectivity index (χ4n) is 3.52. The number of benzene rings is 2. The summed E-state index contributed by atoms with van der Waals surface area (Å²) in [5.41, 5.74) is 1.51. The molecule has 0 aliphatic carbocycles. The highest BCUT2D eigenvalue weighted by molar-refractivity contribution is 6.02. The third-order valence-electron chi connectivity index (χ3n) is 5.74. The molecule has 2 aromatic carbocycles. The lowest BCUT2D eigenvalue weighted by atomic mass is 10.1. The Morgan fingerprint density at radius 3 is 2.83 bits per heavy atom. The molecule has 0 radical (unpaired) electrons. The molecular weight excluding hydrogens is 469 g/mol. The fraction of sp³-hybridized carbons (Fsp3) is 0.308. The smallest absolute Gasteiger partial charge is 0.273 e. The second-order valence-corrected chi connectivity index (χ2v) is 8.51. The summed E-state index contributed by atoms with van der Waals surface area (Å²) < 4.78 is 30.2. The minimum Gasteiger partial charge on any atom is -0.482 e. The van der Waals surface area contributed by atoms with E-state index in [1.165, 1.54) is 29.4 Å². The Morgan fingerprint density at radius 1 is 1.25 bits per heavy atom. The lowest BCUT2D eigenvalue weighted by Crippen LogP contribution is -2.38. The summed E-state index contributed by atoms with van der Waals surface area (Å²) in [4.78, 5) is 43.3. The van der Waals surface area contributed by atoms with E-state index in [1.54, 1.807) is 25.1 Å². The van der Waals surface area contributed by atoms with E-state index in [0.717, 1.165) is 12.0 Å². The van der Waals surface area contributed by atoms with Gasteiger partial charge in [-0.05, 0) is 56.2 Å². The normalized spacial score (nSPS) is 13.6. The number of hydrogen-bond donors (Lipinski definition) is 1. The number of Topliss-reactive ketones (excluding diaryl/α,β-unsaturated/α-hetero) is 1. The second kappa shape index (κ2) is 10.6. The number of halogens is 1. The number of carbonyl (C=O) groups excluding carboxylic acids is 3. The van der Waals surface area contributed by atoms with Crippen molar-refractivity contribution in [2.24, 2.45) is 0 Å². The van der Waals surface area contributed by atoms with Crippen molar-refractivity contribution in [3.05, 3.63) is 71.2 Å². The van der Waals surface area contributed by atoms with Gasteiger partial charge in [-0.2, -0.15) is 0 Å². The monoisotopic (exact) mass is 495 g/mol. The van der Waals surface area contributed by atoms with Crippen LogP contribution in [0.2, 0.25) is 0 Å². The van der Waals surface area contributed by atoms with Crippen molar-refractivity contribution in [1.82, 2.24) is 10.3 Å². The molecule has 2 amide bonds. The standard InChI is InChI=1S/C26H26FN3O6/c1-4-16(3)28-26(33)19-12-36-24(29-19)11-30-20-10-17(6-8-22(20)35-14-25(30)32)21(31)13-34-23-9-15(2)5-7-18(23)27/h5-10,12,16H,4,11,13-14H2,1-3H3,(H,28,33). The maximum absolute atomic E-state index is 13.9.